The van der Waals surface area contributed by atoms with E-state index in [-0.39, 0.29) is 12.4 Å². The molecule has 0 atom stereocenters. The van der Waals surface area contributed by atoms with E-state index in [0.29, 0.717) is 12.1 Å². The highest BCUT2D eigenvalue weighted by molar-refractivity contribution is 9.10. The van der Waals surface area contributed by atoms with Gasteiger partial charge in [-0.1, -0.05) is 51.8 Å². The van der Waals surface area contributed by atoms with Gasteiger partial charge in [-0.25, -0.2) is 4.39 Å². The van der Waals surface area contributed by atoms with Crippen molar-refractivity contribution in [1.29, 1.82) is 0 Å². The summed E-state index contributed by atoms with van der Waals surface area (Å²) in [6.45, 7) is 2.88. The van der Waals surface area contributed by atoms with Gasteiger partial charge in [0.2, 0.25) is 0 Å². The smallest absolute Gasteiger partial charge is 0.129 e. The summed E-state index contributed by atoms with van der Waals surface area (Å²) in [5, 5.41) is 3.39. The van der Waals surface area contributed by atoms with Crippen molar-refractivity contribution in [3.63, 3.8) is 0 Å². The fourth-order valence-electron chi connectivity index (χ4n) is 2.47. The van der Waals surface area contributed by atoms with Gasteiger partial charge in [-0.15, -0.1) is 0 Å². The van der Waals surface area contributed by atoms with E-state index in [2.05, 4.69) is 40.3 Å². The van der Waals surface area contributed by atoms with Crippen LogP contribution in [0.3, 0.4) is 0 Å². The molecule has 0 unspecified atom stereocenters. The first kappa shape index (κ1) is 17.5. The lowest BCUT2D eigenvalue weighted by molar-refractivity contribution is 0.297. The van der Waals surface area contributed by atoms with E-state index in [1.165, 1.54) is 11.6 Å². The molecule has 3 rings (SSSR count). The van der Waals surface area contributed by atoms with Gasteiger partial charge in [-0.3, -0.25) is 0 Å². The monoisotopic (exact) mass is 399 g/mol. The van der Waals surface area contributed by atoms with Crippen LogP contribution in [0.2, 0.25) is 0 Å². The normalized spacial score (nSPS) is 10.5. The molecule has 0 heterocycles. The molecule has 0 aromatic heterocycles. The van der Waals surface area contributed by atoms with Crippen molar-refractivity contribution in [3.8, 4) is 5.75 Å². The van der Waals surface area contributed by atoms with Gasteiger partial charge in [0.25, 0.3) is 0 Å². The second-order valence-electron chi connectivity index (χ2n) is 5.85. The van der Waals surface area contributed by atoms with E-state index in [1.54, 1.807) is 12.1 Å². The second-order valence-corrected chi connectivity index (χ2v) is 6.77. The molecule has 25 heavy (non-hydrogen) atoms. The molecule has 0 fully saturated rings. The van der Waals surface area contributed by atoms with E-state index in [4.69, 9.17) is 4.74 Å². The third-order valence-corrected chi connectivity index (χ3v) is 4.39. The fourth-order valence-corrected chi connectivity index (χ4v) is 2.88. The molecule has 0 bridgehead atoms. The Labute approximate surface area is 155 Å². The predicted octanol–water partition coefficient (Wildman–Crippen LogP) is 6.09. The molecule has 0 saturated carbocycles. The topological polar surface area (TPSA) is 21.3 Å². The van der Waals surface area contributed by atoms with Crippen LogP contribution in [0.5, 0.6) is 5.75 Å². The van der Waals surface area contributed by atoms with Gasteiger partial charge in [0.05, 0.1) is 0 Å². The average molecular weight is 400 g/mol. The molecule has 1 N–H and O–H groups in total. The minimum Gasteiger partial charge on any atom is -0.488 e. The predicted molar refractivity (Wildman–Crippen MR) is 103 cm³/mol. The van der Waals surface area contributed by atoms with Crippen LogP contribution in [0.25, 0.3) is 0 Å². The zero-order chi connectivity index (χ0) is 17.6. The lowest BCUT2D eigenvalue weighted by Gasteiger charge is -2.14. The lowest BCUT2D eigenvalue weighted by Crippen LogP contribution is -2.04. The van der Waals surface area contributed by atoms with E-state index in [9.17, 15) is 4.39 Å². The highest BCUT2D eigenvalue weighted by Crippen LogP contribution is 2.25. The molecular weight excluding hydrogens is 381 g/mol. The third-order valence-electron chi connectivity index (χ3n) is 3.90. The highest BCUT2D eigenvalue weighted by Gasteiger charge is 2.07. The van der Waals surface area contributed by atoms with Crippen molar-refractivity contribution in [2.24, 2.45) is 0 Å². The maximum absolute atomic E-state index is 13.8. The van der Waals surface area contributed by atoms with Gasteiger partial charge in [0.1, 0.15) is 18.2 Å². The summed E-state index contributed by atoms with van der Waals surface area (Å²) in [5.74, 6) is 0.491. The molecule has 128 valence electrons. The van der Waals surface area contributed by atoms with Gasteiger partial charge >= 0.3 is 0 Å². The molecule has 0 aliphatic rings. The highest BCUT2D eigenvalue weighted by atomic mass is 79.9. The van der Waals surface area contributed by atoms with E-state index >= 15 is 0 Å². The van der Waals surface area contributed by atoms with Gasteiger partial charge in [-0.05, 0) is 43.3 Å². The minimum absolute atomic E-state index is 0.200. The molecule has 3 aromatic rings. The number of anilines is 1. The van der Waals surface area contributed by atoms with E-state index < -0.39 is 0 Å². The molecule has 0 aliphatic carbocycles. The molecule has 0 spiro atoms. The number of hydrogen-bond acceptors (Lipinski definition) is 2. The van der Waals surface area contributed by atoms with Crippen LogP contribution in [0.15, 0.2) is 71.2 Å². The number of hydrogen-bond donors (Lipinski definition) is 1. The Balaban J connectivity index is 1.71. The molecule has 2 nitrogen and oxygen atoms in total. The van der Waals surface area contributed by atoms with Crippen molar-refractivity contribution in [1.82, 2.24) is 0 Å². The van der Waals surface area contributed by atoms with Crippen molar-refractivity contribution >= 4 is 21.6 Å². The number of aryl methyl sites for hydroxylation is 1. The zero-order valence-electron chi connectivity index (χ0n) is 13.9. The molecule has 0 amide bonds. The van der Waals surface area contributed by atoms with E-state index in [0.717, 1.165) is 21.5 Å². The SMILES string of the molecule is Cc1ccc(NCc2cc(Br)ccc2OCc2ccccc2F)cc1. The van der Waals surface area contributed by atoms with Crippen molar-refractivity contribution in [3.05, 3.63) is 93.7 Å². The quantitative estimate of drug-likeness (QED) is 0.541. The molecule has 0 radical (unpaired) electrons. The summed E-state index contributed by atoms with van der Waals surface area (Å²) >= 11 is 3.50. The largest absolute Gasteiger partial charge is 0.488 e. The van der Waals surface area contributed by atoms with Crippen LogP contribution in [0, 0.1) is 12.7 Å². The van der Waals surface area contributed by atoms with Crippen LogP contribution in [-0.4, -0.2) is 0 Å². The van der Waals surface area contributed by atoms with Gasteiger partial charge in [0, 0.05) is 27.8 Å². The summed E-state index contributed by atoms with van der Waals surface area (Å²) in [6, 6.07) is 20.7. The number of nitrogens with one attached hydrogen (secondary N) is 1. The van der Waals surface area contributed by atoms with Crippen LogP contribution < -0.4 is 10.1 Å². The summed E-state index contributed by atoms with van der Waals surface area (Å²) in [5.41, 5.74) is 3.82. The molecule has 0 saturated heterocycles. The van der Waals surface area contributed by atoms with Gasteiger partial charge < -0.3 is 10.1 Å². The number of halogens is 2. The van der Waals surface area contributed by atoms with Gasteiger partial charge in [0.15, 0.2) is 0 Å². The minimum atomic E-state index is -0.251. The number of ether oxygens (including phenoxy) is 1. The van der Waals surface area contributed by atoms with Crippen LogP contribution in [0.4, 0.5) is 10.1 Å². The fraction of sp³-hybridized carbons (Fsp3) is 0.143. The summed E-state index contributed by atoms with van der Waals surface area (Å²) in [7, 11) is 0. The van der Waals surface area contributed by atoms with E-state index in [1.807, 2.05) is 36.4 Å². The maximum Gasteiger partial charge on any atom is 0.129 e. The third kappa shape index (κ3) is 4.83. The lowest BCUT2D eigenvalue weighted by atomic mass is 10.1. The first-order valence-electron chi connectivity index (χ1n) is 8.07. The number of benzene rings is 3. The van der Waals surface area contributed by atoms with Crippen molar-refractivity contribution in [2.45, 2.75) is 20.1 Å². The summed E-state index contributed by atoms with van der Waals surface area (Å²) in [6.07, 6.45) is 0. The maximum atomic E-state index is 13.8. The Hall–Kier alpha value is -2.33. The Bertz CT molecular complexity index is 849. The molecule has 3 aromatic carbocycles. The Morgan fingerprint density at radius 2 is 1.72 bits per heavy atom. The first-order chi connectivity index (χ1) is 12.1. The Morgan fingerprint density at radius 1 is 0.960 bits per heavy atom. The zero-order valence-corrected chi connectivity index (χ0v) is 15.5. The second kappa shape index (κ2) is 8.17. The average Bonchev–Trinajstić information content (AvgIpc) is 2.62. The summed E-state index contributed by atoms with van der Waals surface area (Å²) < 4.78 is 20.6. The summed E-state index contributed by atoms with van der Waals surface area (Å²) in [4.78, 5) is 0. The van der Waals surface area contributed by atoms with Gasteiger partial charge in [-0.2, -0.15) is 0 Å². The van der Waals surface area contributed by atoms with Crippen LogP contribution in [-0.2, 0) is 13.2 Å². The van der Waals surface area contributed by atoms with Crippen molar-refractivity contribution in [2.75, 3.05) is 5.32 Å². The Kier molecular flexibility index (Phi) is 5.71. The Morgan fingerprint density at radius 3 is 2.48 bits per heavy atom. The molecule has 0 aliphatic heterocycles. The first-order valence-corrected chi connectivity index (χ1v) is 8.86. The molecule has 4 heteroatoms. The van der Waals surface area contributed by atoms with Crippen molar-refractivity contribution < 1.29 is 9.13 Å². The standard InChI is InChI=1S/C21H19BrFNO/c1-15-6-9-19(10-7-15)24-13-17-12-18(22)8-11-21(17)25-14-16-4-2-3-5-20(16)23/h2-12,24H,13-14H2,1H3. The van der Waals surface area contributed by atoms with Crippen LogP contribution >= 0.6 is 15.9 Å². The van der Waals surface area contributed by atoms with Crippen LogP contribution in [0.1, 0.15) is 16.7 Å². The molecular formula is C21H19BrFNO. The number of rotatable bonds is 6.